The van der Waals surface area contributed by atoms with E-state index in [-0.39, 0.29) is 22.2 Å². The van der Waals surface area contributed by atoms with Gasteiger partial charge in [0.25, 0.3) is 11.6 Å². The van der Waals surface area contributed by atoms with Crippen LogP contribution in [-0.2, 0) is 4.74 Å². The van der Waals surface area contributed by atoms with Gasteiger partial charge in [0.1, 0.15) is 5.56 Å². The standard InChI is InChI=1S/C10H6ClN3O5/c1-18-10(15)9-13-12-8(19-9)7-5(11)3-2-4-6(7)14(16)17/h2-4H,1H3. The molecule has 8 nitrogen and oxygen atoms in total. The summed E-state index contributed by atoms with van der Waals surface area (Å²) in [7, 11) is 1.14. The lowest BCUT2D eigenvalue weighted by atomic mass is 10.2. The Labute approximate surface area is 111 Å². The average molecular weight is 284 g/mol. The third-order valence-electron chi connectivity index (χ3n) is 2.19. The highest BCUT2D eigenvalue weighted by atomic mass is 35.5. The molecular formula is C10H6ClN3O5. The molecule has 2 aromatic rings. The van der Waals surface area contributed by atoms with Gasteiger partial charge in [-0.15, -0.1) is 10.2 Å². The van der Waals surface area contributed by atoms with Crippen LogP contribution < -0.4 is 0 Å². The third kappa shape index (κ3) is 2.38. The topological polar surface area (TPSA) is 108 Å². The van der Waals surface area contributed by atoms with Gasteiger partial charge in [-0.25, -0.2) is 4.79 Å². The first-order chi connectivity index (χ1) is 9.04. The van der Waals surface area contributed by atoms with Crippen LogP contribution in [0, 0.1) is 10.1 Å². The molecule has 0 bridgehead atoms. The molecule has 0 atom stereocenters. The van der Waals surface area contributed by atoms with E-state index in [0.717, 1.165) is 7.11 Å². The van der Waals surface area contributed by atoms with Gasteiger partial charge >= 0.3 is 11.9 Å². The molecule has 0 unspecified atom stereocenters. The molecule has 19 heavy (non-hydrogen) atoms. The zero-order valence-corrected chi connectivity index (χ0v) is 10.2. The van der Waals surface area contributed by atoms with E-state index >= 15 is 0 Å². The average Bonchev–Trinajstić information content (AvgIpc) is 2.86. The third-order valence-corrected chi connectivity index (χ3v) is 2.50. The first kappa shape index (κ1) is 13.0. The lowest BCUT2D eigenvalue weighted by Gasteiger charge is -2.00. The number of nitro benzene ring substituents is 1. The second kappa shape index (κ2) is 5.02. The summed E-state index contributed by atoms with van der Waals surface area (Å²) in [6, 6.07) is 4.09. The lowest BCUT2D eigenvalue weighted by Crippen LogP contribution is -2.00. The molecule has 0 aliphatic carbocycles. The van der Waals surface area contributed by atoms with E-state index in [1.54, 1.807) is 0 Å². The Bertz CT molecular complexity index is 654. The molecule has 0 aliphatic rings. The molecular weight excluding hydrogens is 278 g/mol. The first-order valence-electron chi connectivity index (χ1n) is 4.89. The Morgan fingerprint density at radius 3 is 2.84 bits per heavy atom. The van der Waals surface area contributed by atoms with E-state index in [0.29, 0.717) is 0 Å². The van der Waals surface area contributed by atoms with Crippen molar-refractivity contribution >= 4 is 23.3 Å². The Morgan fingerprint density at radius 1 is 1.47 bits per heavy atom. The second-order valence-electron chi connectivity index (χ2n) is 3.30. The van der Waals surface area contributed by atoms with E-state index < -0.39 is 16.8 Å². The zero-order valence-electron chi connectivity index (χ0n) is 9.49. The van der Waals surface area contributed by atoms with Crippen molar-refractivity contribution < 1.29 is 18.9 Å². The van der Waals surface area contributed by atoms with E-state index in [1.807, 2.05) is 0 Å². The van der Waals surface area contributed by atoms with Gasteiger partial charge in [-0.2, -0.15) is 0 Å². The Kier molecular flexibility index (Phi) is 3.43. The van der Waals surface area contributed by atoms with Crippen molar-refractivity contribution in [2.45, 2.75) is 0 Å². The maximum Gasteiger partial charge on any atom is 0.396 e. The summed E-state index contributed by atoms with van der Waals surface area (Å²) in [4.78, 5) is 21.5. The molecule has 0 radical (unpaired) electrons. The Balaban J connectivity index is 2.56. The lowest BCUT2D eigenvalue weighted by molar-refractivity contribution is -0.384. The van der Waals surface area contributed by atoms with E-state index in [1.165, 1.54) is 18.2 Å². The van der Waals surface area contributed by atoms with Crippen LogP contribution in [0.3, 0.4) is 0 Å². The number of nitro groups is 1. The number of benzene rings is 1. The van der Waals surface area contributed by atoms with Crippen LogP contribution in [0.5, 0.6) is 0 Å². The van der Waals surface area contributed by atoms with Gasteiger partial charge in [0, 0.05) is 6.07 Å². The molecule has 0 saturated heterocycles. The molecule has 9 heteroatoms. The van der Waals surface area contributed by atoms with E-state index in [4.69, 9.17) is 16.0 Å². The fourth-order valence-corrected chi connectivity index (χ4v) is 1.62. The monoisotopic (exact) mass is 283 g/mol. The van der Waals surface area contributed by atoms with E-state index in [9.17, 15) is 14.9 Å². The fraction of sp³-hybridized carbons (Fsp3) is 0.100. The molecule has 1 aromatic heterocycles. The molecule has 1 heterocycles. The molecule has 0 saturated carbocycles. The summed E-state index contributed by atoms with van der Waals surface area (Å²) in [5, 5.41) is 18.0. The number of rotatable bonds is 3. The second-order valence-corrected chi connectivity index (χ2v) is 3.70. The van der Waals surface area contributed by atoms with Gasteiger partial charge in [-0.05, 0) is 6.07 Å². The quantitative estimate of drug-likeness (QED) is 0.482. The SMILES string of the molecule is COC(=O)c1nnc(-c2c(Cl)cccc2[N+](=O)[O-])o1. The smallest absolute Gasteiger partial charge is 0.396 e. The van der Waals surface area contributed by atoms with Gasteiger partial charge in [0.2, 0.25) is 0 Å². The summed E-state index contributed by atoms with van der Waals surface area (Å²) in [5.74, 6) is -1.47. The van der Waals surface area contributed by atoms with E-state index in [2.05, 4.69) is 14.9 Å². The Morgan fingerprint density at radius 2 is 2.21 bits per heavy atom. The van der Waals surface area contributed by atoms with Gasteiger partial charge < -0.3 is 9.15 Å². The summed E-state index contributed by atoms with van der Waals surface area (Å²) >= 11 is 5.88. The number of carbonyl (C=O) groups excluding carboxylic acids is 1. The van der Waals surface area contributed by atoms with Crippen molar-refractivity contribution in [2.75, 3.05) is 7.11 Å². The van der Waals surface area contributed by atoms with Crippen LogP contribution in [0.1, 0.15) is 10.7 Å². The van der Waals surface area contributed by atoms with Crippen molar-refractivity contribution in [3.05, 3.63) is 39.2 Å². The van der Waals surface area contributed by atoms with Gasteiger partial charge in [0.15, 0.2) is 0 Å². The van der Waals surface area contributed by atoms with Crippen LogP contribution in [0.15, 0.2) is 22.6 Å². The highest BCUT2D eigenvalue weighted by molar-refractivity contribution is 6.33. The summed E-state index contributed by atoms with van der Waals surface area (Å²) < 4.78 is 9.40. The maximum absolute atomic E-state index is 11.2. The Hall–Kier alpha value is -2.48. The first-order valence-corrected chi connectivity index (χ1v) is 5.27. The normalized spacial score (nSPS) is 10.2. The molecule has 0 amide bonds. The minimum Gasteiger partial charge on any atom is -0.462 e. The fourth-order valence-electron chi connectivity index (χ4n) is 1.37. The van der Waals surface area contributed by atoms with Crippen LogP contribution in [0.25, 0.3) is 11.5 Å². The number of carbonyl (C=O) groups is 1. The highest BCUT2D eigenvalue weighted by Crippen LogP contribution is 2.35. The van der Waals surface area contributed by atoms with Crippen LogP contribution >= 0.6 is 11.6 Å². The van der Waals surface area contributed by atoms with Gasteiger partial charge in [-0.1, -0.05) is 17.7 Å². The summed E-state index contributed by atoms with van der Waals surface area (Å²) in [5.41, 5.74) is -0.343. The number of esters is 1. The molecule has 0 spiro atoms. The van der Waals surface area contributed by atoms with Crippen molar-refractivity contribution in [3.63, 3.8) is 0 Å². The number of methoxy groups -OCH3 is 1. The van der Waals surface area contributed by atoms with Crippen molar-refractivity contribution in [2.24, 2.45) is 0 Å². The number of halogens is 1. The number of ether oxygens (including phenoxy) is 1. The number of hydrogen-bond acceptors (Lipinski definition) is 7. The largest absolute Gasteiger partial charge is 0.462 e. The molecule has 98 valence electrons. The zero-order chi connectivity index (χ0) is 14.0. The van der Waals surface area contributed by atoms with Crippen molar-refractivity contribution in [3.8, 4) is 11.5 Å². The van der Waals surface area contributed by atoms with Gasteiger partial charge in [0.05, 0.1) is 17.1 Å². The highest BCUT2D eigenvalue weighted by Gasteiger charge is 2.25. The molecule has 2 rings (SSSR count). The predicted molar refractivity (Wildman–Crippen MR) is 62.7 cm³/mol. The molecule has 0 N–H and O–H groups in total. The minimum atomic E-state index is -0.839. The summed E-state index contributed by atoms with van der Waals surface area (Å²) in [6.07, 6.45) is 0. The van der Waals surface area contributed by atoms with Crippen LogP contribution in [0.2, 0.25) is 5.02 Å². The minimum absolute atomic E-state index is 0.0446. The molecule has 1 aromatic carbocycles. The number of aromatic nitrogens is 2. The van der Waals surface area contributed by atoms with Crippen LogP contribution in [0.4, 0.5) is 5.69 Å². The number of nitrogens with zero attached hydrogens (tertiary/aromatic N) is 3. The van der Waals surface area contributed by atoms with Gasteiger partial charge in [-0.3, -0.25) is 10.1 Å². The van der Waals surface area contributed by atoms with Crippen molar-refractivity contribution in [1.29, 1.82) is 0 Å². The maximum atomic E-state index is 11.2. The molecule has 0 fully saturated rings. The predicted octanol–water partition coefficient (Wildman–Crippen LogP) is 2.08. The summed E-state index contributed by atoms with van der Waals surface area (Å²) in [6.45, 7) is 0. The van der Waals surface area contributed by atoms with Crippen LogP contribution in [-0.4, -0.2) is 28.2 Å². The van der Waals surface area contributed by atoms with Crippen molar-refractivity contribution in [1.82, 2.24) is 10.2 Å². The number of hydrogen-bond donors (Lipinski definition) is 0. The molecule has 0 aliphatic heterocycles.